The van der Waals surface area contributed by atoms with Crippen molar-refractivity contribution in [2.75, 3.05) is 13.6 Å². The average molecular weight is 346 g/mol. The number of fused-ring (bicyclic) bond motifs is 1. The van der Waals surface area contributed by atoms with Crippen molar-refractivity contribution >= 4 is 17.7 Å². The maximum atomic E-state index is 12.6. The molecule has 3 atom stereocenters. The van der Waals surface area contributed by atoms with Crippen molar-refractivity contribution in [3.05, 3.63) is 35.4 Å². The Labute approximate surface area is 147 Å². The second kappa shape index (κ2) is 8.11. The molecule has 0 fully saturated rings. The molecule has 1 aliphatic heterocycles. The molecular weight excluding hydrogens is 320 g/mol. The van der Waals surface area contributed by atoms with Crippen LogP contribution in [0.15, 0.2) is 24.3 Å². The van der Waals surface area contributed by atoms with Gasteiger partial charge in [-0.2, -0.15) is 0 Å². The molecule has 0 bridgehead atoms. The summed E-state index contributed by atoms with van der Waals surface area (Å²) >= 11 is 0. The highest BCUT2D eigenvalue weighted by Gasteiger charge is 2.31. The predicted molar refractivity (Wildman–Crippen MR) is 94.5 cm³/mol. The van der Waals surface area contributed by atoms with Crippen molar-refractivity contribution in [1.29, 1.82) is 0 Å². The van der Waals surface area contributed by atoms with Gasteiger partial charge >= 0.3 is 0 Å². The zero-order chi connectivity index (χ0) is 18.6. The zero-order valence-corrected chi connectivity index (χ0v) is 14.9. The molecule has 1 aromatic carbocycles. The van der Waals surface area contributed by atoms with E-state index in [0.717, 1.165) is 17.5 Å². The summed E-state index contributed by atoms with van der Waals surface area (Å²) in [6.45, 7) is 3.97. The van der Waals surface area contributed by atoms with E-state index in [2.05, 4.69) is 10.6 Å². The number of carbonyl (C=O) groups excluding carboxylic acids is 3. The maximum Gasteiger partial charge on any atom is 0.249 e. The van der Waals surface area contributed by atoms with Gasteiger partial charge in [0.25, 0.3) is 0 Å². The van der Waals surface area contributed by atoms with Crippen LogP contribution in [0, 0.1) is 0 Å². The lowest BCUT2D eigenvalue weighted by Gasteiger charge is -2.24. The van der Waals surface area contributed by atoms with Crippen molar-refractivity contribution in [1.82, 2.24) is 15.5 Å². The highest BCUT2D eigenvalue weighted by molar-refractivity contribution is 5.93. The van der Waals surface area contributed by atoms with Crippen molar-refractivity contribution in [3.63, 3.8) is 0 Å². The SMILES string of the molecule is CC[C@H](N)C(=O)N[C@@H](C)C(=O)N[C@@H]1C(=O)N(C)CCc2ccccc21. The lowest BCUT2D eigenvalue weighted by Crippen LogP contribution is -2.52. The number of hydrogen-bond donors (Lipinski definition) is 3. The molecule has 1 heterocycles. The van der Waals surface area contributed by atoms with E-state index in [1.807, 2.05) is 24.3 Å². The molecule has 0 aromatic heterocycles. The largest absolute Gasteiger partial charge is 0.343 e. The smallest absolute Gasteiger partial charge is 0.249 e. The van der Waals surface area contributed by atoms with E-state index in [1.54, 1.807) is 25.8 Å². The van der Waals surface area contributed by atoms with Gasteiger partial charge in [0.05, 0.1) is 6.04 Å². The molecule has 0 aliphatic carbocycles. The van der Waals surface area contributed by atoms with E-state index >= 15 is 0 Å². The highest BCUT2D eigenvalue weighted by Crippen LogP contribution is 2.24. The number of likely N-dealkylation sites (N-methyl/N-ethyl adjacent to an activating group) is 1. The average Bonchev–Trinajstić information content (AvgIpc) is 2.73. The molecule has 2 rings (SSSR count). The van der Waals surface area contributed by atoms with Gasteiger partial charge in [-0.15, -0.1) is 0 Å². The summed E-state index contributed by atoms with van der Waals surface area (Å²) in [4.78, 5) is 38.6. The van der Waals surface area contributed by atoms with Crippen LogP contribution in [0.4, 0.5) is 0 Å². The van der Waals surface area contributed by atoms with Crippen LogP contribution in [-0.2, 0) is 20.8 Å². The van der Waals surface area contributed by atoms with E-state index in [1.165, 1.54) is 0 Å². The molecule has 7 heteroatoms. The fraction of sp³-hybridized carbons (Fsp3) is 0.500. The van der Waals surface area contributed by atoms with E-state index in [9.17, 15) is 14.4 Å². The van der Waals surface area contributed by atoms with E-state index in [-0.39, 0.29) is 11.8 Å². The molecule has 0 radical (unpaired) electrons. The first-order valence-electron chi connectivity index (χ1n) is 8.54. The summed E-state index contributed by atoms with van der Waals surface area (Å²) in [5.74, 6) is -0.961. The molecule has 0 saturated carbocycles. The van der Waals surface area contributed by atoms with Crippen LogP contribution >= 0.6 is 0 Å². The number of nitrogens with zero attached hydrogens (tertiary/aromatic N) is 1. The van der Waals surface area contributed by atoms with Gasteiger partial charge in [0.2, 0.25) is 17.7 Å². The summed E-state index contributed by atoms with van der Waals surface area (Å²) in [5, 5.41) is 5.36. The van der Waals surface area contributed by atoms with Crippen LogP contribution in [0.3, 0.4) is 0 Å². The molecule has 0 unspecified atom stereocenters. The third kappa shape index (κ3) is 4.36. The van der Waals surface area contributed by atoms with Gasteiger partial charge in [-0.3, -0.25) is 14.4 Å². The first-order chi connectivity index (χ1) is 11.8. The topological polar surface area (TPSA) is 105 Å². The standard InChI is InChI=1S/C18H26N4O3/c1-4-14(19)17(24)20-11(2)16(23)21-15-13-8-6-5-7-12(13)9-10-22(3)18(15)25/h5-8,11,14-15H,4,9-10,19H2,1-3H3,(H,20,24)(H,21,23)/t11-,14-,15-/m0/s1. The van der Waals surface area contributed by atoms with Gasteiger partial charge in [0, 0.05) is 13.6 Å². The number of nitrogens with two attached hydrogens (primary N) is 1. The van der Waals surface area contributed by atoms with E-state index in [0.29, 0.717) is 13.0 Å². The highest BCUT2D eigenvalue weighted by atomic mass is 16.2. The minimum absolute atomic E-state index is 0.165. The Bertz CT molecular complexity index is 661. The van der Waals surface area contributed by atoms with Gasteiger partial charge in [0.1, 0.15) is 12.1 Å². The molecule has 1 aliphatic rings. The quantitative estimate of drug-likeness (QED) is 0.703. The molecule has 1 aromatic rings. The van der Waals surface area contributed by atoms with Crippen LogP contribution in [-0.4, -0.2) is 48.3 Å². The Balaban J connectivity index is 2.15. The first-order valence-corrected chi connectivity index (χ1v) is 8.54. The Kier molecular flexibility index (Phi) is 6.14. The van der Waals surface area contributed by atoms with Crippen LogP contribution in [0.1, 0.15) is 37.4 Å². The summed E-state index contributed by atoms with van der Waals surface area (Å²) in [6.07, 6.45) is 1.22. The number of rotatable bonds is 5. The molecule has 3 amide bonds. The molecular formula is C18H26N4O3. The fourth-order valence-electron chi connectivity index (χ4n) is 2.77. The van der Waals surface area contributed by atoms with E-state index < -0.39 is 24.0 Å². The predicted octanol–water partition coefficient (Wildman–Crippen LogP) is 0.100. The maximum absolute atomic E-state index is 12.6. The zero-order valence-electron chi connectivity index (χ0n) is 14.9. The third-order valence-electron chi connectivity index (χ3n) is 4.52. The molecule has 136 valence electrons. The number of nitrogens with one attached hydrogen (secondary N) is 2. The van der Waals surface area contributed by atoms with Crippen molar-refractivity contribution in [2.24, 2.45) is 5.73 Å². The summed E-state index contributed by atoms with van der Waals surface area (Å²) in [6, 6.07) is 5.40. The number of hydrogen-bond acceptors (Lipinski definition) is 4. The number of benzene rings is 1. The molecule has 25 heavy (non-hydrogen) atoms. The van der Waals surface area contributed by atoms with Crippen LogP contribution in [0.25, 0.3) is 0 Å². The van der Waals surface area contributed by atoms with Crippen LogP contribution in [0.5, 0.6) is 0 Å². The normalized spacial score (nSPS) is 19.4. The van der Waals surface area contributed by atoms with Crippen molar-refractivity contribution in [2.45, 2.75) is 44.8 Å². The van der Waals surface area contributed by atoms with Crippen LogP contribution in [0.2, 0.25) is 0 Å². The van der Waals surface area contributed by atoms with Gasteiger partial charge in [-0.05, 0) is 30.9 Å². The van der Waals surface area contributed by atoms with Crippen LogP contribution < -0.4 is 16.4 Å². The van der Waals surface area contributed by atoms with Crippen molar-refractivity contribution < 1.29 is 14.4 Å². The summed E-state index contributed by atoms with van der Waals surface area (Å²) in [5.41, 5.74) is 7.51. The van der Waals surface area contributed by atoms with Gasteiger partial charge in [-0.25, -0.2) is 0 Å². The lowest BCUT2D eigenvalue weighted by molar-refractivity contribution is -0.136. The molecule has 0 saturated heterocycles. The lowest BCUT2D eigenvalue weighted by atomic mass is 9.99. The van der Waals surface area contributed by atoms with Gasteiger partial charge in [-0.1, -0.05) is 31.2 Å². The summed E-state index contributed by atoms with van der Waals surface area (Å²) < 4.78 is 0. The third-order valence-corrected chi connectivity index (χ3v) is 4.52. The monoisotopic (exact) mass is 346 g/mol. The number of carbonyl (C=O) groups is 3. The Morgan fingerprint density at radius 2 is 2.00 bits per heavy atom. The fourth-order valence-corrected chi connectivity index (χ4v) is 2.77. The molecule has 7 nitrogen and oxygen atoms in total. The van der Waals surface area contributed by atoms with Crippen molar-refractivity contribution in [3.8, 4) is 0 Å². The van der Waals surface area contributed by atoms with Gasteiger partial charge < -0.3 is 21.3 Å². The second-order valence-corrected chi connectivity index (χ2v) is 6.40. The molecule has 0 spiro atoms. The minimum Gasteiger partial charge on any atom is -0.343 e. The Hall–Kier alpha value is -2.41. The summed E-state index contributed by atoms with van der Waals surface area (Å²) in [7, 11) is 1.72. The first kappa shape index (κ1) is 18.9. The second-order valence-electron chi connectivity index (χ2n) is 6.40. The van der Waals surface area contributed by atoms with E-state index in [4.69, 9.17) is 5.73 Å². The Morgan fingerprint density at radius 3 is 2.68 bits per heavy atom. The number of amides is 3. The minimum atomic E-state index is -0.779. The van der Waals surface area contributed by atoms with Gasteiger partial charge in [0.15, 0.2) is 0 Å². The Morgan fingerprint density at radius 1 is 1.32 bits per heavy atom. The molecule has 4 N–H and O–H groups in total.